The molecule has 10 heteroatoms. The second kappa shape index (κ2) is 44.8. The molecule has 10 aromatic carbocycles. The van der Waals surface area contributed by atoms with E-state index >= 15 is 0 Å². The summed E-state index contributed by atoms with van der Waals surface area (Å²) in [6.45, 7) is 23.9. The van der Waals surface area contributed by atoms with Crippen molar-refractivity contribution >= 4 is 0 Å². The minimum Gasteiger partial charge on any atom is -0.305 e. The van der Waals surface area contributed by atoms with Gasteiger partial charge in [-0.15, -0.1) is 171 Å². The van der Waals surface area contributed by atoms with Crippen LogP contribution in [0.3, 0.4) is 0 Å². The van der Waals surface area contributed by atoms with E-state index in [1.54, 1.807) is 6.20 Å². The maximum Gasteiger partial charge on any atom is 0.0163 e. The van der Waals surface area contributed by atoms with Crippen molar-refractivity contribution in [2.45, 2.75) is 94.4 Å². The minimum absolute atomic E-state index is 0. The van der Waals surface area contributed by atoms with Crippen LogP contribution in [0.25, 0.3) is 112 Å². The Kier molecular flexibility index (Phi) is 36.6. The molecular formula is C99H88Ir5N5-5. The third-order valence-electron chi connectivity index (χ3n) is 18.0. The summed E-state index contributed by atoms with van der Waals surface area (Å²) >= 11 is 0. The molecule has 0 atom stereocenters. The van der Waals surface area contributed by atoms with E-state index in [1.165, 1.54) is 106 Å². The van der Waals surface area contributed by atoms with E-state index in [-0.39, 0.29) is 101 Å². The van der Waals surface area contributed by atoms with Gasteiger partial charge in [-0.1, -0.05) is 242 Å². The molecule has 0 aliphatic heterocycles. The number of pyridine rings is 5. The van der Waals surface area contributed by atoms with Crippen LogP contribution in [0.2, 0.25) is 0 Å². The van der Waals surface area contributed by atoms with E-state index in [4.69, 9.17) is 0 Å². The van der Waals surface area contributed by atoms with Gasteiger partial charge in [0.1, 0.15) is 0 Å². The Morgan fingerprint density at radius 3 is 1.06 bits per heavy atom. The third-order valence-corrected chi connectivity index (χ3v) is 18.0. The molecule has 15 rings (SSSR count). The first-order chi connectivity index (χ1) is 50.6. The van der Waals surface area contributed by atoms with Gasteiger partial charge in [0, 0.05) is 132 Å². The maximum absolute atomic E-state index is 4.55. The number of benzene rings is 10. The normalized spacial score (nSPS) is 10.2. The molecule has 0 unspecified atom stereocenters. The van der Waals surface area contributed by atoms with Gasteiger partial charge in [-0.3, -0.25) is 0 Å². The molecule has 109 heavy (non-hydrogen) atoms. The summed E-state index contributed by atoms with van der Waals surface area (Å²) in [7, 11) is 0. The van der Waals surface area contributed by atoms with Crippen molar-refractivity contribution in [1.29, 1.82) is 0 Å². The van der Waals surface area contributed by atoms with Crippen molar-refractivity contribution in [1.82, 2.24) is 24.9 Å². The van der Waals surface area contributed by atoms with Gasteiger partial charge < -0.3 is 24.9 Å². The van der Waals surface area contributed by atoms with Crippen molar-refractivity contribution in [3.8, 4) is 112 Å². The molecule has 0 N–H and O–H groups in total. The van der Waals surface area contributed by atoms with Crippen molar-refractivity contribution in [2.24, 2.45) is 0 Å². The zero-order chi connectivity index (χ0) is 72.7. The third kappa shape index (κ3) is 25.6. The summed E-state index contributed by atoms with van der Waals surface area (Å²) in [6, 6.07) is 113. The summed E-state index contributed by atoms with van der Waals surface area (Å²) in [5, 5.41) is 0. The summed E-state index contributed by atoms with van der Waals surface area (Å²) in [6.07, 6.45) is 10.2. The van der Waals surface area contributed by atoms with E-state index in [9.17, 15) is 0 Å². The zero-order valence-corrected chi connectivity index (χ0v) is 75.2. The largest absolute Gasteiger partial charge is 0.305 e. The number of hydrogen-bond acceptors (Lipinski definition) is 5. The van der Waals surface area contributed by atoms with Gasteiger partial charge in [0.2, 0.25) is 0 Å². The zero-order valence-electron chi connectivity index (χ0n) is 63.2. The molecule has 0 amide bonds. The van der Waals surface area contributed by atoms with Crippen LogP contribution in [0.1, 0.15) is 96.5 Å². The molecule has 0 bridgehead atoms. The molecule has 559 valence electrons. The van der Waals surface area contributed by atoms with Crippen LogP contribution in [0.15, 0.2) is 310 Å². The number of aromatic nitrogens is 5. The van der Waals surface area contributed by atoms with Crippen molar-refractivity contribution in [3.63, 3.8) is 0 Å². The predicted molar refractivity (Wildman–Crippen MR) is 436 cm³/mol. The van der Waals surface area contributed by atoms with Gasteiger partial charge in [-0.05, 0) is 152 Å². The number of rotatable bonds is 13. The minimum atomic E-state index is 0. The number of nitrogens with zero attached hydrogens (tertiary/aromatic N) is 5. The van der Waals surface area contributed by atoms with Crippen molar-refractivity contribution in [2.75, 3.05) is 0 Å². The smallest absolute Gasteiger partial charge is 0.0163 e. The van der Waals surface area contributed by atoms with Crippen LogP contribution in [0, 0.1) is 71.9 Å². The molecule has 5 heterocycles. The summed E-state index contributed by atoms with van der Waals surface area (Å²) < 4.78 is 0. The first kappa shape index (κ1) is 89.1. The monoisotopic (exact) mass is 2310 g/mol. The standard InChI is InChI=1S/C23H24N.C21H20N.2C19H16N.C17H12N.5Ir/c1-16(2)20-13-21(17(3)4)15-22(14-20)18-8-7-9-19(12-18)23-10-5-6-11-24-23;1-14-10-15(2)12-20(11-14)18-6-5-7-19(13-18)21-17(4)16(3)8-9-22-21;1-14-10-15(2)12-18(11-14)16-6-5-7-17(13-16)19-8-3-4-9-20-19;1-2-15-11-12-20-19(13-15)18-10-6-9-17(14-18)16-7-4-3-5-8-16;1-2-6-14(7-3-1)15-9-11-16(12-10-15)17-8-4-5-13-18-17;;;;;/h5-8,10-17H,1-4H3;5-6,8-13H,1-4H3;3-6,8-13H,1-2H3;3-9,11-14H,2H2,1H3;1-11,13H;;;;;/q5*-1;;;;;. The maximum atomic E-state index is 4.55. The van der Waals surface area contributed by atoms with Gasteiger partial charge in [-0.25, -0.2) is 0 Å². The Bertz CT molecular complexity index is 5130. The fourth-order valence-corrected chi connectivity index (χ4v) is 12.3. The fraction of sp³-hybridized carbons (Fsp3) is 0.141. The van der Waals surface area contributed by atoms with E-state index in [2.05, 4.69) is 295 Å². The van der Waals surface area contributed by atoms with Gasteiger partial charge in [0.25, 0.3) is 0 Å². The molecular weight excluding hydrogens is 2220 g/mol. The van der Waals surface area contributed by atoms with Crippen LogP contribution in [0.5, 0.6) is 0 Å². The van der Waals surface area contributed by atoms with Crippen LogP contribution in [-0.4, -0.2) is 24.9 Å². The SMILES string of the molecule is CC(C)c1cc(-c2cc[c-]c(-c3ccccn3)c2)cc(C(C)C)c1.CCc1ccnc(-c2[c-]ccc(-c3ccccc3)c2)c1.Cc1cc(C)cc(-c2cc[c-]c(-c3ccccn3)c2)c1.Cc1cc(C)cc(-c2cc[c-]c(-c3nccc(C)c3C)c2)c1.[Ir].[Ir].[Ir].[Ir].[Ir].[c-]1cc(-c2ccccc2)ccc1-c1ccccn1. The van der Waals surface area contributed by atoms with Gasteiger partial charge in [0.05, 0.1) is 0 Å². The molecule has 0 aliphatic rings. The average Bonchev–Trinajstić information content (AvgIpc) is 0.832. The Hall–Kier alpha value is -8.80. The molecule has 5 aromatic heterocycles. The molecule has 0 saturated heterocycles. The van der Waals surface area contributed by atoms with E-state index < -0.39 is 0 Å². The molecule has 0 fully saturated rings. The number of aryl methyl sites for hydroxylation is 6. The van der Waals surface area contributed by atoms with Gasteiger partial charge in [-0.2, -0.15) is 0 Å². The fourth-order valence-electron chi connectivity index (χ4n) is 12.3. The molecule has 15 aromatic rings. The quantitative estimate of drug-likeness (QED) is 0.108. The molecule has 0 saturated carbocycles. The Morgan fingerprint density at radius 1 is 0.275 bits per heavy atom. The van der Waals surface area contributed by atoms with Gasteiger partial charge in [0.15, 0.2) is 0 Å². The molecule has 5 nitrogen and oxygen atoms in total. The van der Waals surface area contributed by atoms with E-state index in [0.29, 0.717) is 11.8 Å². The average molecular weight is 2310 g/mol. The second-order valence-electron chi connectivity index (χ2n) is 26.8. The van der Waals surface area contributed by atoms with Crippen molar-refractivity contribution < 1.29 is 101 Å². The summed E-state index contributed by atoms with van der Waals surface area (Å²) in [5.41, 5.74) is 34.0. The van der Waals surface area contributed by atoms with Crippen LogP contribution in [0.4, 0.5) is 0 Å². The van der Waals surface area contributed by atoms with Crippen LogP contribution in [-0.2, 0) is 107 Å². The van der Waals surface area contributed by atoms with E-state index in [1.807, 2.05) is 140 Å². The predicted octanol–water partition coefficient (Wildman–Crippen LogP) is 25.7. The molecule has 5 radical (unpaired) electrons. The molecule has 0 aliphatic carbocycles. The molecule has 0 spiro atoms. The van der Waals surface area contributed by atoms with Crippen LogP contribution >= 0.6 is 0 Å². The topological polar surface area (TPSA) is 64.5 Å². The van der Waals surface area contributed by atoms with Crippen molar-refractivity contribution in [3.05, 3.63) is 390 Å². The second-order valence-corrected chi connectivity index (χ2v) is 26.8. The first-order valence-corrected chi connectivity index (χ1v) is 35.8. The summed E-state index contributed by atoms with van der Waals surface area (Å²) in [4.78, 5) is 22.2. The van der Waals surface area contributed by atoms with Crippen LogP contribution < -0.4 is 0 Å². The Balaban J connectivity index is 0.000000211. The Morgan fingerprint density at radius 2 is 0.651 bits per heavy atom. The Labute approximate surface area is 715 Å². The van der Waals surface area contributed by atoms with E-state index in [0.717, 1.165) is 62.7 Å². The number of hydrogen-bond donors (Lipinski definition) is 0. The summed E-state index contributed by atoms with van der Waals surface area (Å²) in [5.74, 6) is 1.04. The van der Waals surface area contributed by atoms with Gasteiger partial charge >= 0.3 is 0 Å². The first-order valence-electron chi connectivity index (χ1n) is 35.8.